The standard InChI is InChI=1S/C8H14N2/c1-4-5-7(2)6-8(3)10-9/h4-6,10H,1,9H2,2-3H3/b7-5-,8-6+. The molecule has 10 heavy (non-hydrogen) atoms. The number of nitrogens with one attached hydrogen (secondary N) is 1. The highest BCUT2D eigenvalue weighted by molar-refractivity contribution is 5.22. The molecule has 0 radical (unpaired) electrons. The van der Waals surface area contributed by atoms with E-state index in [2.05, 4.69) is 12.0 Å². The van der Waals surface area contributed by atoms with E-state index in [-0.39, 0.29) is 0 Å². The Kier molecular flexibility index (Phi) is 4.33. The second kappa shape index (κ2) is 4.82. The van der Waals surface area contributed by atoms with Crippen LogP contribution in [0.4, 0.5) is 0 Å². The first-order valence-corrected chi connectivity index (χ1v) is 3.15. The molecule has 0 atom stereocenters. The highest BCUT2D eigenvalue weighted by Gasteiger charge is 1.82. The van der Waals surface area contributed by atoms with Gasteiger partial charge in [-0.05, 0) is 25.5 Å². The summed E-state index contributed by atoms with van der Waals surface area (Å²) in [5.74, 6) is 5.15. The number of allylic oxidation sites excluding steroid dienone is 5. The van der Waals surface area contributed by atoms with E-state index in [1.54, 1.807) is 6.08 Å². The van der Waals surface area contributed by atoms with Gasteiger partial charge >= 0.3 is 0 Å². The largest absolute Gasteiger partial charge is 0.329 e. The van der Waals surface area contributed by atoms with Gasteiger partial charge in [-0.25, -0.2) is 0 Å². The van der Waals surface area contributed by atoms with E-state index >= 15 is 0 Å². The molecule has 0 spiro atoms. The first-order valence-electron chi connectivity index (χ1n) is 3.15. The molecule has 0 aromatic carbocycles. The van der Waals surface area contributed by atoms with Crippen molar-refractivity contribution in [2.24, 2.45) is 5.84 Å². The summed E-state index contributed by atoms with van der Waals surface area (Å²) >= 11 is 0. The van der Waals surface area contributed by atoms with Crippen LogP contribution in [0.1, 0.15) is 13.8 Å². The summed E-state index contributed by atoms with van der Waals surface area (Å²) in [6.45, 7) is 7.47. The minimum atomic E-state index is 0.940. The quantitative estimate of drug-likeness (QED) is 0.352. The van der Waals surface area contributed by atoms with Crippen molar-refractivity contribution in [1.82, 2.24) is 5.43 Å². The Labute approximate surface area is 62.1 Å². The lowest BCUT2D eigenvalue weighted by Crippen LogP contribution is -2.18. The number of hydrogen-bond acceptors (Lipinski definition) is 2. The Morgan fingerprint density at radius 2 is 2.10 bits per heavy atom. The summed E-state index contributed by atoms with van der Waals surface area (Å²) in [7, 11) is 0. The van der Waals surface area contributed by atoms with E-state index in [1.807, 2.05) is 26.0 Å². The van der Waals surface area contributed by atoms with Gasteiger partial charge in [-0.1, -0.05) is 18.7 Å². The lowest BCUT2D eigenvalue weighted by molar-refractivity contribution is 0.884. The molecule has 0 aromatic rings. The molecule has 0 saturated carbocycles. The van der Waals surface area contributed by atoms with Crippen LogP contribution in [0.15, 0.2) is 36.1 Å². The topological polar surface area (TPSA) is 38.0 Å². The maximum Gasteiger partial charge on any atom is 0.0230 e. The SMILES string of the molecule is C=C/C=C(C)\C=C(/C)NN. The third kappa shape index (κ3) is 3.92. The molecular formula is C8H14N2. The van der Waals surface area contributed by atoms with Crippen molar-refractivity contribution < 1.29 is 0 Å². The van der Waals surface area contributed by atoms with Crippen LogP contribution in [0.2, 0.25) is 0 Å². The first kappa shape index (κ1) is 8.98. The molecule has 0 aliphatic carbocycles. The lowest BCUT2D eigenvalue weighted by Gasteiger charge is -1.97. The van der Waals surface area contributed by atoms with E-state index in [4.69, 9.17) is 5.84 Å². The van der Waals surface area contributed by atoms with E-state index in [1.165, 1.54) is 0 Å². The van der Waals surface area contributed by atoms with Gasteiger partial charge in [-0.3, -0.25) is 5.84 Å². The third-order valence-electron chi connectivity index (χ3n) is 1.05. The molecule has 0 rings (SSSR count). The maximum atomic E-state index is 5.15. The molecule has 0 heterocycles. The van der Waals surface area contributed by atoms with Crippen molar-refractivity contribution in [3.8, 4) is 0 Å². The van der Waals surface area contributed by atoms with Gasteiger partial charge in [0.05, 0.1) is 0 Å². The van der Waals surface area contributed by atoms with Crippen molar-refractivity contribution in [1.29, 1.82) is 0 Å². The van der Waals surface area contributed by atoms with E-state index in [9.17, 15) is 0 Å². The molecule has 0 bridgehead atoms. The fourth-order valence-corrected chi connectivity index (χ4v) is 0.617. The zero-order valence-corrected chi connectivity index (χ0v) is 6.52. The highest BCUT2D eigenvalue weighted by Crippen LogP contribution is 1.97. The van der Waals surface area contributed by atoms with E-state index in [0.717, 1.165) is 11.3 Å². The van der Waals surface area contributed by atoms with Crippen LogP contribution in [-0.4, -0.2) is 0 Å². The molecule has 0 aliphatic heterocycles. The lowest BCUT2D eigenvalue weighted by atomic mass is 10.2. The summed E-state index contributed by atoms with van der Waals surface area (Å²) in [6.07, 6.45) is 5.61. The second-order valence-corrected chi connectivity index (χ2v) is 2.12. The molecule has 2 nitrogen and oxygen atoms in total. The average molecular weight is 138 g/mol. The van der Waals surface area contributed by atoms with Gasteiger partial charge < -0.3 is 5.43 Å². The molecular weight excluding hydrogens is 124 g/mol. The second-order valence-electron chi connectivity index (χ2n) is 2.12. The van der Waals surface area contributed by atoms with Crippen molar-refractivity contribution in [3.05, 3.63) is 36.1 Å². The van der Waals surface area contributed by atoms with Crippen LogP contribution in [0.3, 0.4) is 0 Å². The Morgan fingerprint density at radius 3 is 2.50 bits per heavy atom. The van der Waals surface area contributed by atoms with Gasteiger partial charge in [0.15, 0.2) is 0 Å². The number of hydrazine groups is 1. The highest BCUT2D eigenvalue weighted by atomic mass is 15.2. The van der Waals surface area contributed by atoms with Gasteiger partial charge in [0.25, 0.3) is 0 Å². The number of hydrogen-bond donors (Lipinski definition) is 2. The van der Waals surface area contributed by atoms with Gasteiger partial charge in [0, 0.05) is 5.70 Å². The predicted molar refractivity (Wildman–Crippen MR) is 45.0 cm³/mol. The number of rotatable bonds is 3. The van der Waals surface area contributed by atoms with E-state index in [0.29, 0.717) is 0 Å². The van der Waals surface area contributed by atoms with Crippen molar-refractivity contribution in [2.75, 3.05) is 0 Å². The zero-order valence-electron chi connectivity index (χ0n) is 6.52. The van der Waals surface area contributed by atoms with Crippen molar-refractivity contribution >= 4 is 0 Å². The summed E-state index contributed by atoms with van der Waals surface area (Å²) in [4.78, 5) is 0. The average Bonchev–Trinajstić information content (AvgIpc) is 1.88. The Morgan fingerprint density at radius 1 is 1.50 bits per heavy atom. The normalized spacial score (nSPS) is 13.1. The Hall–Kier alpha value is -1.02. The minimum Gasteiger partial charge on any atom is -0.329 e. The van der Waals surface area contributed by atoms with Crippen LogP contribution in [0.25, 0.3) is 0 Å². The fraction of sp³-hybridized carbons (Fsp3) is 0.250. The summed E-state index contributed by atoms with van der Waals surface area (Å²) < 4.78 is 0. The Bertz CT molecular complexity index is 166. The molecule has 0 saturated heterocycles. The van der Waals surface area contributed by atoms with Gasteiger partial charge in [-0.15, -0.1) is 0 Å². The molecule has 0 aromatic heterocycles. The molecule has 0 aliphatic rings. The van der Waals surface area contributed by atoms with Crippen LogP contribution < -0.4 is 11.3 Å². The maximum absolute atomic E-state index is 5.15. The van der Waals surface area contributed by atoms with Gasteiger partial charge in [0.2, 0.25) is 0 Å². The summed E-state index contributed by atoms with van der Waals surface area (Å²) in [5, 5.41) is 0. The van der Waals surface area contributed by atoms with Crippen molar-refractivity contribution in [3.63, 3.8) is 0 Å². The van der Waals surface area contributed by atoms with Gasteiger partial charge in [-0.2, -0.15) is 0 Å². The summed E-state index contributed by atoms with van der Waals surface area (Å²) in [6, 6.07) is 0. The molecule has 0 unspecified atom stereocenters. The number of nitrogens with two attached hydrogens (primary N) is 1. The molecule has 3 N–H and O–H groups in total. The summed E-state index contributed by atoms with van der Waals surface area (Å²) in [5.41, 5.74) is 4.61. The fourth-order valence-electron chi connectivity index (χ4n) is 0.617. The van der Waals surface area contributed by atoms with Gasteiger partial charge in [0.1, 0.15) is 0 Å². The van der Waals surface area contributed by atoms with Crippen LogP contribution in [-0.2, 0) is 0 Å². The molecule has 2 heteroatoms. The smallest absolute Gasteiger partial charge is 0.0230 e. The minimum absolute atomic E-state index is 0.940. The molecule has 56 valence electrons. The predicted octanol–water partition coefficient (Wildman–Crippen LogP) is 1.49. The third-order valence-corrected chi connectivity index (χ3v) is 1.05. The monoisotopic (exact) mass is 138 g/mol. The molecule has 0 amide bonds. The van der Waals surface area contributed by atoms with Crippen LogP contribution >= 0.6 is 0 Å². The Balaban J connectivity index is 4.11. The van der Waals surface area contributed by atoms with Crippen LogP contribution in [0.5, 0.6) is 0 Å². The molecule has 0 fully saturated rings. The first-order chi connectivity index (χ1) is 4.70. The zero-order chi connectivity index (χ0) is 7.98. The van der Waals surface area contributed by atoms with Crippen molar-refractivity contribution in [2.45, 2.75) is 13.8 Å². The van der Waals surface area contributed by atoms with E-state index < -0.39 is 0 Å². The van der Waals surface area contributed by atoms with Crippen LogP contribution in [0, 0.1) is 0 Å².